The van der Waals surface area contributed by atoms with E-state index in [1.54, 1.807) is 6.20 Å². The predicted molar refractivity (Wildman–Crippen MR) is 68.6 cm³/mol. The Labute approximate surface area is 102 Å². The Morgan fingerprint density at radius 2 is 2.19 bits per heavy atom. The van der Waals surface area contributed by atoms with Crippen LogP contribution in [0, 0.1) is 6.92 Å². The van der Waals surface area contributed by atoms with Crippen LogP contribution in [-0.2, 0) is 0 Å². The largest absolute Gasteiger partial charge is 0.368 e. The third-order valence-corrected chi connectivity index (χ3v) is 2.62. The van der Waals surface area contributed by atoms with Crippen LogP contribution < -0.4 is 11.1 Å². The van der Waals surface area contributed by atoms with Gasteiger partial charge in [0.05, 0.1) is 4.47 Å². The molecule has 82 valence electrons. The molecule has 1 heterocycles. The second-order valence-corrected chi connectivity index (χ2v) is 4.27. The van der Waals surface area contributed by atoms with E-state index in [9.17, 15) is 0 Å². The van der Waals surface area contributed by atoms with Gasteiger partial charge in [-0.2, -0.15) is 4.98 Å². The van der Waals surface area contributed by atoms with Gasteiger partial charge in [0.2, 0.25) is 5.95 Å². The second-order valence-electron chi connectivity index (χ2n) is 3.42. The molecule has 0 saturated carbocycles. The fourth-order valence-corrected chi connectivity index (χ4v) is 1.62. The highest BCUT2D eigenvalue weighted by molar-refractivity contribution is 9.10. The molecule has 0 saturated heterocycles. The third-order valence-electron chi connectivity index (χ3n) is 2.04. The number of rotatable bonds is 2. The lowest BCUT2D eigenvalue weighted by molar-refractivity contribution is 1.17. The zero-order valence-corrected chi connectivity index (χ0v) is 10.3. The number of anilines is 3. The number of hydrogen-bond acceptors (Lipinski definition) is 4. The van der Waals surface area contributed by atoms with Crippen LogP contribution in [0.4, 0.5) is 17.5 Å². The van der Waals surface area contributed by atoms with Crippen LogP contribution in [-0.4, -0.2) is 9.97 Å². The fourth-order valence-electron chi connectivity index (χ4n) is 1.33. The molecule has 0 unspecified atom stereocenters. The Morgan fingerprint density at radius 1 is 1.38 bits per heavy atom. The van der Waals surface area contributed by atoms with Gasteiger partial charge in [0, 0.05) is 11.9 Å². The van der Waals surface area contributed by atoms with Crippen molar-refractivity contribution < 1.29 is 0 Å². The van der Waals surface area contributed by atoms with Crippen molar-refractivity contribution in [2.45, 2.75) is 6.92 Å². The molecular formula is C11H11BrN4. The molecule has 5 heteroatoms. The molecule has 16 heavy (non-hydrogen) atoms. The predicted octanol–water partition coefficient (Wildman–Crippen LogP) is 2.87. The minimum absolute atomic E-state index is 0.248. The van der Waals surface area contributed by atoms with Crippen LogP contribution >= 0.6 is 15.9 Å². The molecule has 0 aliphatic rings. The molecule has 0 atom stereocenters. The molecule has 2 rings (SSSR count). The van der Waals surface area contributed by atoms with Crippen molar-refractivity contribution in [1.29, 1.82) is 0 Å². The van der Waals surface area contributed by atoms with Crippen molar-refractivity contribution >= 4 is 33.4 Å². The highest BCUT2D eigenvalue weighted by Gasteiger charge is 2.03. The van der Waals surface area contributed by atoms with Crippen LogP contribution in [0.5, 0.6) is 0 Å². The third kappa shape index (κ3) is 2.49. The first-order valence-electron chi connectivity index (χ1n) is 4.77. The lowest BCUT2D eigenvalue weighted by atomic mass is 10.2. The second kappa shape index (κ2) is 4.49. The van der Waals surface area contributed by atoms with E-state index in [0.29, 0.717) is 5.82 Å². The average Bonchev–Trinajstić information content (AvgIpc) is 2.24. The molecule has 0 bridgehead atoms. The molecule has 3 N–H and O–H groups in total. The van der Waals surface area contributed by atoms with E-state index < -0.39 is 0 Å². The van der Waals surface area contributed by atoms with Crippen molar-refractivity contribution in [3.63, 3.8) is 0 Å². The molecule has 0 aliphatic carbocycles. The van der Waals surface area contributed by atoms with Crippen LogP contribution in [0.15, 0.2) is 34.9 Å². The summed E-state index contributed by atoms with van der Waals surface area (Å²) < 4.78 is 0.781. The minimum Gasteiger partial charge on any atom is -0.368 e. The number of nitrogens with two attached hydrogens (primary N) is 1. The zero-order valence-electron chi connectivity index (χ0n) is 8.74. The summed E-state index contributed by atoms with van der Waals surface area (Å²) in [5.74, 6) is 0.913. The summed E-state index contributed by atoms with van der Waals surface area (Å²) in [6, 6.07) is 8.02. The lowest BCUT2D eigenvalue weighted by Gasteiger charge is -2.08. The zero-order chi connectivity index (χ0) is 11.5. The van der Waals surface area contributed by atoms with Crippen LogP contribution in [0.25, 0.3) is 0 Å². The molecule has 1 aromatic carbocycles. The molecule has 0 amide bonds. The van der Waals surface area contributed by atoms with E-state index in [2.05, 4.69) is 31.2 Å². The van der Waals surface area contributed by atoms with Gasteiger partial charge in [-0.15, -0.1) is 0 Å². The molecule has 0 radical (unpaired) electrons. The van der Waals surface area contributed by atoms with Crippen molar-refractivity contribution in [3.05, 3.63) is 40.5 Å². The maximum Gasteiger partial charge on any atom is 0.222 e. The molecule has 4 nitrogen and oxygen atoms in total. The van der Waals surface area contributed by atoms with Crippen molar-refractivity contribution in [3.8, 4) is 0 Å². The normalized spacial score (nSPS) is 10.1. The molecular weight excluding hydrogens is 268 g/mol. The number of nitrogen functional groups attached to an aromatic ring is 1. The molecule has 0 fully saturated rings. The van der Waals surface area contributed by atoms with Gasteiger partial charge in [-0.25, -0.2) is 4.98 Å². The van der Waals surface area contributed by atoms with Crippen molar-refractivity contribution in [1.82, 2.24) is 9.97 Å². The SMILES string of the molecule is Cc1cccc(Nc2nc(N)ncc2Br)c1. The Balaban J connectivity index is 2.30. The van der Waals surface area contributed by atoms with Gasteiger partial charge >= 0.3 is 0 Å². The summed E-state index contributed by atoms with van der Waals surface area (Å²) in [5, 5.41) is 3.18. The van der Waals surface area contributed by atoms with Crippen molar-refractivity contribution in [2.24, 2.45) is 0 Å². The highest BCUT2D eigenvalue weighted by Crippen LogP contribution is 2.23. The number of halogens is 1. The van der Waals surface area contributed by atoms with E-state index in [1.807, 2.05) is 31.2 Å². The summed E-state index contributed by atoms with van der Waals surface area (Å²) in [6.45, 7) is 2.04. The van der Waals surface area contributed by atoms with E-state index in [4.69, 9.17) is 5.73 Å². The fraction of sp³-hybridized carbons (Fsp3) is 0.0909. The van der Waals surface area contributed by atoms with Crippen molar-refractivity contribution in [2.75, 3.05) is 11.1 Å². The first-order valence-corrected chi connectivity index (χ1v) is 5.56. The van der Waals surface area contributed by atoms with Crippen LogP contribution in [0.3, 0.4) is 0 Å². The Kier molecular flexibility index (Phi) is 3.05. The summed E-state index contributed by atoms with van der Waals surface area (Å²) in [7, 11) is 0. The number of aryl methyl sites for hydroxylation is 1. The smallest absolute Gasteiger partial charge is 0.222 e. The number of aromatic nitrogens is 2. The first-order chi connectivity index (χ1) is 7.65. The molecule has 1 aromatic heterocycles. The minimum atomic E-state index is 0.248. The summed E-state index contributed by atoms with van der Waals surface area (Å²) >= 11 is 3.36. The number of nitrogens with one attached hydrogen (secondary N) is 1. The van der Waals surface area contributed by atoms with Gasteiger partial charge in [-0.05, 0) is 40.5 Å². The highest BCUT2D eigenvalue weighted by atomic mass is 79.9. The van der Waals surface area contributed by atoms with E-state index in [0.717, 1.165) is 10.2 Å². The van der Waals surface area contributed by atoms with E-state index >= 15 is 0 Å². The lowest BCUT2D eigenvalue weighted by Crippen LogP contribution is -2.00. The van der Waals surface area contributed by atoms with Gasteiger partial charge in [-0.3, -0.25) is 0 Å². The Bertz CT molecular complexity index is 513. The van der Waals surface area contributed by atoms with Crippen LogP contribution in [0.1, 0.15) is 5.56 Å². The van der Waals surface area contributed by atoms with Gasteiger partial charge in [0.1, 0.15) is 5.82 Å². The maximum absolute atomic E-state index is 5.53. The number of benzene rings is 1. The molecule has 0 spiro atoms. The van der Waals surface area contributed by atoms with Crippen LogP contribution in [0.2, 0.25) is 0 Å². The topological polar surface area (TPSA) is 63.8 Å². The number of hydrogen-bond donors (Lipinski definition) is 2. The summed E-state index contributed by atoms with van der Waals surface area (Å²) in [5.41, 5.74) is 7.68. The van der Waals surface area contributed by atoms with E-state index in [1.165, 1.54) is 5.56 Å². The van der Waals surface area contributed by atoms with Gasteiger partial charge < -0.3 is 11.1 Å². The average molecular weight is 279 g/mol. The Hall–Kier alpha value is -1.62. The van der Waals surface area contributed by atoms with Gasteiger partial charge in [0.25, 0.3) is 0 Å². The first kappa shape index (κ1) is 10.9. The Morgan fingerprint density at radius 3 is 2.94 bits per heavy atom. The quantitative estimate of drug-likeness (QED) is 0.887. The molecule has 0 aliphatic heterocycles. The van der Waals surface area contributed by atoms with E-state index in [-0.39, 0.29) is 5.95 Å². The monoisotopic (exact) mass is 278 g/mol. The van der Waals surface area contributed by atoms with Gasteiger partial charge in [0.15, 0.2) is 0 Å². The summed E-state index contributed by atoms with van der Waals surface area (Å²) in [6.07, 6.45) is 1.63. The maximum atomic E-state index is 5.53. The summed E-state index contributed by atoms with van der Waals surface area (Å²) in [4.78, 5) is 7.98. The number of nitrogens with zero attached hydrogens (tertiary/aromatic N) is 2. The molecule has 2 aromatic rings. The standard InChI is InChI=1S/C11H11BrN4/c1-7-3-2-4-8(5-7)15-10-9(12)6-14-11(13)16-10/h2-6H,1H3,(H3,13,14,15,16). The van der Waals surface area contributed by atoms with Gasteiger partial charge in [-0.1, -0.05) is 12.1 Å².